The second kappa shape index (κ2) is 5.33. The molecule has 2 N–H and O–H groups in total. The third-order valence-electron chi connectivity index (χ3n) is 4.23. The minimum Gasteiger partial charge on any atom is -0.330 e. The summed E-state index contributed by atoms with van der Waals surface area (Å²) in [7, 11) is 0. The third-order valence-corrected chi connectivity index (χ3v) is 4.23. The quantitative estimate of drug-likeness (QED) is 0.861. The first-order chi connectivity index (χ1) is 8.26. The highest BCUT2D eigenvalue weighted by Gasteiger charge is 2.30. The molecule has 2 unspecified atom stereocenters. The maximum Gasteiger partial charge on any atom is 0.0991 e. The zero-order valence-corrected chi connectivity index (χ0v) is 10.4. The highest BCUT2D eigenvalue weighted by Crippen LogP contribution is 2.40. The Labute approximate surface area is 103 Å². The molecule has 1 aromatic rings. The van der Waals surface area contributed by atoms with Crippen LogP contribution in [-0.4, -0.2) is 6.54 Å². The molecule has 2 nitrogen and oxygen atoms in total. The minimum absolute atomic E-state index is 0.397. The van der Waals surface area contributed by atoms with Crippen LogP contribution in [0.25, 0.3) is 0 Å². The molecule has 2 atom stereocenters. The third kappa shape index (κ3) is 2.50. The lowest BCUT2D eigenvalue weighted by Crippen LogP contribution is -2.29. The van der Waals surface area contributed by atoms with E-state index in [9.17, 15) is 0 Å². The van der Waals surface area contributed by atoms with E-state index in [1.165, 1.54) is 24.8 Å². The number of benzene rings is 1. The SMILES string of the molecule is CC(C1CCC1)C(CN)c1cccc(C#N)c1. The predicted molar refractivity (Wildman–Crippen MR) is 69.5 cm³/mol. The molecule has 0 heterocycles. The van der Waals surface area contributed by atoms with Crippen molar-refractivity contribution in [2.24, 2.45) is 17.6 Å². The average Bonchev–Trinajstić information content (AvgIpc) is 2.28. The van der Waals surface area contributed by atoms with E-state index >= 15 is 0 Å². The zero-order chi connectivity index (χ0) is 12.3. The lowest BCUT2D eigenvalue weighted by atomic mass is 9.70. The summed E-state index contributed by atoms with van der Waals surface area (Å²) in [4.78, 5) is 0. The van der Waals surface area contributed by atoms with Crippen molar-refractivity contribution in [1.29, 1.82) is 5.26 Å². The van der Waals surface area contributed by atoms with Crippen LogP contribution >= 0.6 is 0 Å². The second-order valence-corrected chi connectivity index (χ2v) is 5.13. The molecule has 0 amide bonds. The minimum atomic E-state index is 0.397. The molecule has 1 aromatic carbocycles. The molecule has 1 fully saturated rings. The summed E-state index contributed by atoms with van der Waals surface area (Å²) in [6.45, 7) is 2.98. The Bertz CT molecular complexity index is 415. The van der Waals surface area contributed by atoms with Gasteiger partial charge in [0.1, 0.15) is 0 Å². The standard InChI is InChI=1S/C15H20N2/c1-11(13-5-3-6-13)15(10-17)14-7-2-4-12(8-14)9-16/h2,4,7-8,11,13,15H,3,5-6,10,17H2,1H3. The van der Waals surface area contributed by atoms with Crippen LogP contribution in [0.3, 0.4) is 0 Å². The lowest BCUT2D eigenvalue weighted by Gasteiger charge is -2.36. The van der Waals surface area contributed by atoms with E-state index in [0.717, 1.165) is 11.5 Å². The molecule has 0 radical (unpaired) electrons. The Hall–Kier alpha value is -1.33. The van der Waals surface area contributed by atoms with E-state index in [4.69, 9.17) is 11.0 Å². The van der Waals surface area contributed by atoms with Crippen LogP contribution in [0.5, 0.6) is 0 Å². The van der Waals surface area contributed by atoms with Gasteiger partial charge in [0.05, 0.1) is 11.6 Å². The van der Waals surface area contributed by atoms with Crippen LogP contribution in [0.1, 0.15) is 43.2 Å². The van der Waals surface area contributed by atoms with Gasteiger partial charge >= 0.3 is 0 Å². The first-order valence-corrected chi connectivity index (χ1v) is 6.46. The molecular formula is C15H20N2. The van der Waals surface area contributed by atoms with Crippen LogP contribution in [0.2, 0.25) is 0 Å². The van der Waals surface area contributed by atoms with E-state index in [0.29, 0.717) is 18.4 Å². The van der Waals surface area contributed by atoms with E-state index in [1.54, 1.807) is 0 Å². The highest BCUT2D eigenvalue weighted by molar-refractivity contribution is 5.35. The van der Waals surface area contributed by atoms with Gasteiger partial charge in [0, 0.05) is 0 Å². The number of hydrogen-bond acceptors (Lipinski definition) is 2. The molecule has 0 bridgehead atoms. The van der Waals surface area contributed by atoms with Gasteiger partial charge in [-0.1, -0.05) is 38.3 Å². The van der Waals surface area contributed by atoms with E-state index in [-0.39, 0.29) is 0 Å². The van der Waals surface area contributed by atoms with Gasteiger partial charge in [-0.25, -0.2) is 0 Å². The van der Waals surface area contributed by atoms with Crippen LogP contribution in [-0.2, 0) is 0 Å². The van der Waals surface area contributed by atoms with Gasteiger partial charge in [-0.05, 0) is 42.0 Å². The smallest absolute Gasteiger partial charge is 0.0991 e. The summed E-state index contributed by atoms with van der Waals surface area (Å²) in [6.07, 6.45) is 4.05. The summed E-state index contributed by atoms with van der Waals surface area (Å²) in [5, 5.41) is 8.94. The van der Waals surface area contributed by atoms with Gasteiger partial charge in [-0.2, -0.15) is 5.26 Å². The largest absolute Gasteiger partial charge is 0.330 e. The van der Waals surface area contributed by atoms with Gasteiger partial charge in [0.2, 0.25) is 0 Å². The monoisotopic (exact) mass is 228 g/mol. The average molecular weight is 228 g/mol. The molecule has 0 spiro atoms. The molecule has 17 heavy (non-hydrogen) atoms. The van der Waals surface area contributed by atoms with Crippen molar-refractivity contribution in [3.63, 3.8) is 0 Å². The Balaban J connectivity index is 2.18. The topological polar surface area (TPSA) is 49.8 Å². The van der Waals surface area contributed by atoms with Gasteiger partial charge in [-0.3, -0.25) is 0 Å². The summed E-state index contributed by atoms with van der Waals surface area (Å²) in [5.41, 5.74) is 7.90. The van der Waals surface area contributed by atoms with E-state index in [2.05, 4.69) is 19.1 Å². The van der Waals surface area contributed by atoms with Crippen LogP contribution in [0, 0.1) is 23.2 Å². The maximum atomic E-state index is 8.94. The van der Waals surface area contributed by atoms with Gasteiger partial charge in [0.25, 0.3) is 0 Å². The van der Waals surface area contributed by atoms with Gasteiger partial charge < -0.3 is 5.73 Å². The fraction of sp³-hybridized carbons (Fsp3) is 0.533. The van der Waals surface area contributed by atoms with Crippen LogP contribution in [0.15, 0.2) is 24.3 Å². The van der Waals surface area contributed by atoms with Crippen molar-refractivity contribution < 1.29 is 0 Å². The van der Waals surface area contributed by atoms with Crippen molar-refractivity contribution in [1.82, 2.24) is 0 Å². The molecular weight excluding hydrogens is 208 g/mol. The Morgan fingerprint density at radius 1 is 1.47 bits per heavy atom. The molecule has 1 aliphatic carbocycles. The highest BCUT2D eigenvalue weighted by atomic mass is 14.6. The van der Waals surface area contributed by atoms with Gasteiger partial charge in [-0.15, -0.1) is 0 Å². The van der Waals surface area contributed by atoms with Crippen LogP contribution < -0.4 is 5.73 Å². The number of nitriles is 1. The molecule has 0 saturated heterocycles. The summed E-state index contributed by atoms with van der Waals surface area (Å²) >= 11 is 0. The maximum absolute atomic E-state index is 8.94. The number of hydrogen-bond donors (Lipinski definition) is 1. The summed E-state index contributed by atoms with van der Waals surface area (Å²) in [5.74, 6) is 1.85. The summed E-state index contributed by atoms with van der Waals surface area (Å²) in [6, 6.07) is 10.1. The van der Waals surface area contributed by atoms with E-state index < -0.39 is 0 Å². The predicted octanol–water partition coefficient (Wildman–Crippen LogP) is 3.04. The molecule has 2 rings (SSSR count). The van der Waals surface area contributed by atoms with Crippen molar-refractivity contribution in [2.75, 3.05) is 6.54 Å². The van der Waals surface area contributed by atoms with Crippen molar-refractivity contribution >= 4 is 0 Å². The Kier molecular flexibility index (Phi) is 3.81. The molecule has 0 aromatic heterocycles. The van der Waals surface area contributed by atoms with Crippen LogP contribution in [0.4, 0.5) is 0 Å². The van der Waals surface area contributed by atoms with Crippen molar-refractivity contribution in [2.45, 2.75) is 32.1 Å². The molecule has 1 aliphatic rings. The number of rotatable bonds is 4. The van der Waals surface area contributed by atoms with E-state index in [1.807, 2.05) is 18.2 Å². The first-order valence-electron chi connectivity index (χ1n) is 6.46. The fourth-order valence-electron chi connectivity index (χ4n) is 2.79. The molecule has 2 heteroatoms. The van der Waals surface area contributed by atoms with Crippen molar-refractivity contribution in [3.05, 3.63) is 35.4 Å². The Morgan fingerprint density at radius 2 is 2.24 bits per heavy atom. The first kappa shape index (κ1) is 12.1. The summed E-state index contributed by atoms with van der Waals surface area (Å²) < 4.78 is 0. The second-order valence-electron chi connectivity index (χ2n) is 5.13. The fourth-order valence-corrected chi connectivity index (χ4v) is 2.79. The lowest BCUT2D eigenvalue weighted by molar-refractivity contribution is 0.193. The number of nitrogens with zero attached hydrogens (tertiary/aromatic N) is 1. The number of nitrogens with two attached hydrogens (primary N) is 1. The molecule has 1 saturated carbocycles. The molecule has 90 valence electrons. The van der Waals surface area contributed by atoms with Gasteiger partial charge in [0.15, 0.2) is 0 Å². The normalized spacial score (nSPS) is 19.1. The molecule has 0 aliphatic heterocycles. The van der Waals surface area contributed by atoms with Crippen molar-refractivity contribution in [3.8, 4) is 6.07 Å². The Morgan fingerprint density at radius 3 is 2.76 bits per heavy atom. The zero-order valence-electron chi connectivity index (χ0n) is 10.4.